The summed E-state index contributed by atoms with van der Waals surface area (Å²) in [7, 11) is 1.67. The summed E-state index contributed by atoms with van der Waals surface area (Å²) < 4.78 is 11.2. The number of H-pyrrole nitrogens is 1. The molecule has 8 nitrogen and oxygen atoms in total. The summed E-state index contributed by atoms with van der Waals surface area (Å²) in [5.41, 5.74) is 7.19. The van der Waals surface area contributed by atoms with Gasteiger partial charge in [-0.25, -0.2) is 0 Å². The van der Waals surface area contributed by atoms with Gasteiger partial charge in [-0.3, -0.25) is 4.99 Å². The van der Waals surface area contributed by atoms with Gasteiger partial charge in [-0.05, 0) is 51.9 Å². The van der Waals surface area contributed by atoms with Gasteiger partial charge in [0.15, 0.2) is 0 Å². The minimum absolute atomic E-state index is 0.121. The highest BCUT2D eigenvalue weighted by molar-refractivity contribution is 6.31. The van der Waals surface area contributed by atoms with Crippen molar-refractivity contribution in [2.45, 2.75) is 39.8 Å². The lowest BCUT2D eigenvalue weighted by Gasteiger charge is -2.23. The molecule has 4 N–H and O–H groups in total. The number of aryl methyl sites for hydroxylation is 2. The zero-order valence-electron chi connectivity index (χ0n) is 18.6. The van der Waals surface area contributed by atoms with Crippen molar-refractivity contribution in [2.75, 3.05) is 12.4 Å². The molecule has 2 aliphatic rings. The smallest absolute Gasteiger partial charge is 0.141 e. The molecule has 0 amide bonds. The summed E-state index contributed by atoms with van der Waals surface area (Å²) in [6, 6.07) is 4.10. The summed E-state index contributed by atoms with van der Waals surface area (Å²) in [5, 5.41) is 20.0. The predicted octanol–water partition coefficient (Wildman–Crippen LogP) is 4.81. The van der Waals surface area contributed by atoms with Crippen LogP contribution in [0.3, 0.4) is 0 Å². The molecule has 164 valence electrons. The third-order valence-electron chi connectivity index (χ3n) is 6.00. The maximum absolute atomic E-state index is 8.15. The number of nitrogens with one attached hydrogen (secondary N) is 4. The first-order chi connectivity index (χ1) is 15.5. The van der Waals surface area contributed by atoms with Crippen LogP contribution in [0.2, 0.25) is 0 Å². The Balaban J connectivity index is 1.75. The van der Waals surface area contributed by atoms with E-state index in [1.54, 1.807) is 7.11 Å². The maximum atomic E-state index is 8.15. The van der Waals surface area contributed by atoms with E-state index < -0.39 is 0 Å². The Kier molecular flexibility index (Phi) is 4.84. The molecule has 2 aromatic heterocycles. The number of rotatable bonds is 4. The van der Waals surface area contributed by atoms with Crippen molar-refractivity contribution < 1.29 is 9.26 Å². The van der Waals surface area contributed by atoms with Crippen LogP contribution < -0.4 is 15.4 Å². The summed E-state index contributed by atoms with van der Waals surface area (Å²) in [5.74, 6) is 2.37. The van der Waals surface area contributed by atoms with Crippen molar-refractivity contribution in [1.29, 1.82) is 5.41 Å². The van der Waals surface area contributed by atoms with E-state index in [-0.39, 0.29) is 6.17 Å². The molecule has 0 spiro atoms. The second kappa shape index (κ2) is 7.71. The van der Waals surface area contributed by atoms with Gasteiger partial charge in [0, 0.05) is 34.0 Å². The van der Waals surface area contributed by atoms with Crippen LogP contribution in [0.5, 0.6) is 5.75 Å². The summed E-state index contributed by atoms with van der Waals surface area (Å²) in [6.07, 6.45) is 7.09. The average molecular weight is 431 g/mol. The van der Waals surface area contributed by atoms with Gasteiger partial charge < -0.3 is 30.3 Å². The molecule has 0 fully saturated rings. The Morgan fingerprint density at radius 1 is 1.28 bits per heavy atom. The van der Waals surface area contributed by atoms with Gasteiger partial charge >= 0.3 is 0 Å². The van der Waals surface area contributed by atoms with Gasteiger partial charge in [-0.2, -0.15) is 0 Å². The van der Waals surface area contributed by atoms with E-state index in [2.05, 4.69) is 32.9 Å². The van der Waals surface area contributed by atoms with Crippen LogP contribution in [0.4, 0.5) is 5.82 Å². The van der Waals surface area contributed by atoms with Crippen LogP contribution in [0, 0.1) is 19.3 Å². The number of fused-ring (bicyclic) bond motifs is 3. The summed E-state index contributed by atoms with van der Waals surface area (Å²) >= 11 is 0. The lowest BCUT2D eigenvalue weighted by Crippen LogP contribution is -2.26. The highest BCUT2D eigenvalue weighted by Crippen LogP contribution is 2.41. The number of aliphatic imine (C=N–C) groups is 1. The van der Waals surface area contributed by atoms with Crippen molar-refractivity contribution in [2.24, 2.45) is 4.99 Å². The molecule has 0 bridgehead atoms. The van der Waals surface area contributed by atoms with Gasteiger partial charge in [0.2, 0.25) is 0 Å². The number of aromatic amines is 1. The molecular formula is C24H26N6O2. The molecule has 32 heavy (non-hydrogen) atoms. The highest BCUT2D eigenvalue weighted by Gasteiger charge is 2.28. The molecule has 0 unspecified atom stereocenters. The van der Waals surface area contributed by atoms with Crippen LogP contribution in [0.15, 0.2) is 45.2 Å². The fourth-order valence-corrected chi connectivity index (χ4v) is 4.56. The number of ether oxygens (including phenoxy) is 1. The molecule has 2 aliphatic heterocycles. The Labute approximate surface area is 185 Å². The highest BCUT2D eigenvalue weighted by atomic mass is 16.5. The Morgan fingerprint density at radius 3 is 2.78 bits per heavy atom. The Bertz CT molecular complexity index is 1300. The van der Waals surface area contributed by atoms with Gasteiger partial charge in [0.1, 0.15) is 23.5 Å². The quantitative estimate of drug-likeness (QED) is 0.444. The third-order valence-corrected chi connectivity index (χ3v) is 6.00. The fourth-order valence-electron chi connectivity index (χ4n) is 4.56. The molecule has 3 aromatic rings. The minimum atomic E-state index is -0.121. The van der Waals surface area contributed by atoms with E-state index in [1.807, 2.05) is 33.0 Å². The molecular weight excluding hydrogens is 404 g/mol. The SMILES string of the molecule is COc1cc2c3c([nH]c2cc1-c1c(C)noc1C)N[C@H](C)N=C3/C(C=N)=C1\CCC=CN1. The molecule has 5 rings (SSSR count). The molecule has 0 aliphatic carbocycles. The first-order valence-corrected chi connectivity index (χ1v) is 10.7. The minimum Gasteiger partial charge on any atom is -0.496 e. The lowest BCUT2D eigenvalue weighted by atomic mass is 9.94. The summed E-state index contributed by atoms with van der Waals surface area (Å²) in [6.45, 7) is 5.84. The van der Waals surface area contributed by atoms with Crippen molar-refractivity contribution in [3.05, 3.63) is 52.7 Å². The van der Waals surface area contributed by atoms with Crippen LogP contribution in [0.25, 0.3) is 22.0 Å². The average Bonchev–Trinajstić information content (AvgIpc) is 3.32. The number of allylic oxidation sites excluding steroid dienone is 3. The Hall–Kier alpha value is -3.81. The van der Waals surface area contributed by atoms with Gasteiger partial charge in [0.05, 0.1) is 29.6 Å². The van der Waals surface area contributed by atoms with E-state index in [1.165, 1.54) is 6.21 Å². The molecule has 0 saturated carbocycles. The molecule has 8 heteroatoms. The largest absolute Gasteiger partial charge is 0.496 e. The van der Waals surface area contributed by atoms with Gasteiger partial charge in [-0.15, -0.1) is 0 Å². The van der Waals surface area contributed by atoms with E-state index in [9.17, 15) is 0 Å². The summed E-state index contributed by atoms with van der Waals surface area (Å²) in [4.78, 5) is 8.42. The van der Waals surface area contributed by atoms with E-state index in [0.29, 0.717) is 0 Å². The molecule has 1 aromatic carbocycles. The zero-order chi connectivity index (χ0) is 22.4. The second-order valence-corrected chi connectivity index (χ2v) is 8.09. The first-order valence-electron chi connectivity index (χ1n) is 10.7. The lowest BCUT2D eigenvalue weighted by molar-refractivity contribution is 0.393. The van der Waals surface area contributed by atoms with E-state index in [4.69, 9.17) is 19.7 Å². The van der Waals surface area contributed by atoms with Gasteiger partial charge in [0.25, 0.3) is 0 Å². The monoisotopic (exact) mass is 430 g/mol. The molecule has 4 heterocycles. The van der Waals surface area contributed by atoms with Crippen molar-refractivity contribution >= 4 is 28.6 Å². The molecule has 0 saturated heterocycles. The number of aromatic nitrogens is 2. The predicted molar refractivity (Wildman–Crippen MR) is 127 cm³/mol. The first kappa shape index (κ1) is 20.1. The topological polar surface area (TPSA) is 111 Å². The van der Waals surface area contributed by atoms with Crippen LogP contribution >= 0.6 is 0 Å². The fraction of sp³-hybridized carbons (Fsp3) is 0.292. The van der Waals surface area contributed by atoms with Crippen molar-refractivity contribution in [3.8, 4) is 16.9 Å². The van der Waals surface area contributed by atoms with Gasteiger partial charge in [-0.1, -0.05) is 11.2 Å². The zero-order valence-corrected chi connectivity index (χ0v) is 18.6. The van der Waals surface area contributed by atoms with E-state index in [0.717, 1.165) is 80.4 Å². The van der Waals surface area contributed by atoms with Crippen LogP contribution in [-0.2, 0) is 0 Å². The number of methoxy groups -OCH3 is 1. The van der Waals surface area contributed by atoms with E-state index >= 15 is 0 Å². The maximum Gasteiger partial charge on any atom is 0.141 e. The number of benzene rings is 1. The number of anilines is 1. The second-order valence-electron chi connectivity index (χ2n) is 8.09. The number of hydrogen-bond donors (Lipinski definition) is 4. The molecule has 0 radical (unpaired) electrons. The van der Waals surface area contributed by atoms with Crippen molar-refractivity contribution in [1.82, 2.24) is 15.5 Å². The van der Waals surface area contributed by atoms with Crippen molar-refractivity contribution in [3.63, 3.8) is 0 Å². The van der Waals surface area contributed by atoms with Crippen LogP contribution in [0.1, 0.15) is 36.8 Å². The third kappa shape index (κ3) is 3.10. The number of hydrogen-bond acceptors (Lipinski definition) is 7. The van der Waals surface area contributed by atoms with Crippen LogP contribution in [-0.4, -0.2) is 35.3 Å². The normalized spacial score (nSPS) is 19.1. The standard InChI is InChI=1S/C24H26N6O2/c1-12-21(13(2)32-30-12)16-9-19-15(10-20(16)31-4)22-23(27-14(3)28-24(22)29-19)17(11-25)18-7-5-6-8-26-18/h6,8-11,14,25-26,28-29H,5,7H2,1-4H3/b18-17+,25-11?/t14-/m1/s1. The number of nitrogens with zero attached hydrogens (tertiary/aromatic N) is 2. The Morgan fingerprint density at radius 2 is 2.12 bits per heavy atom. The molecule has 1 atom stereocenters.